The van der Waals surface area contributed by atoms with E-state index in [1.807, 2.05) is 0 Å². The van der Waals surface area contributed by atoms with Crippen LogP contribution in [-0.4, -0.2) is 24.0 Å². The molecule has 0 aromatic heterocycles. The van der Waals surface area contributed by atoms with E-state index in [1.54, 1.807) is 6.07 Å². The Balaban J connectivity index is 2.20. The van der Waals surface area contributed by atoms with Crippen molar-refractivity contribution in [2.75, 3.05) is 13.1 Å². The van der Waals surface area contributed by atoms with Gasteiger partial charge in [0.1, 0.15) is 5.82 Å². The molecule has 1 unspecified atom stereocenters. The molecule has 0 amide bonds. The number of unbranched alkanes of at least 4 members (excludes halogenated alkanes) is 1. The first-order valence-corrected chi connectivity index (χ1v) is 7.46. The van der Waals surface area contributed by atoms with Crippen molar-refractivity contribution >= 4 is 11.6 Å². The SMILES string of the molecule is CCCCN(C1CC1)C(CN)c1ccc(F)cc1Cl. The van der Waals surface area contributed by atoms with Gasteiger partial charge in [0, 0.05) is 23.7 Å². The molecule has 1 aliphatic rings. The molecule has 0 radical (unpaired) electrons. The topological polar surface area (TPSA) is 29.3 Å². The largest absolute Gasteiger partial charge is 0.329 e. The summed E-state index contributed by atoms with van der Waals surface area (Å²) in [6.45, 7) is 3.75. The quantitative estimate of drug-likeness (QED) is 0.826. The molecule has 1 aromatic rings. The van der Waals surface area contributed by atoms with Crippen LogP contribution < -0.4 is 5.73 Å². The number of hydrogen-bond donors (Lipinski definition) is 1. The minimum atomic E-state index is -0.295. The summed E-state index contributed by atoms with van der Waals surface area (Å²) in [6, 6.07) is 5.35. The maximum absolute atomic E-state index is 13.2. The minimum absolute atomic E-state index is 0.104. The van der Waals surface area contributed by atoms with E-state index in [9.17, 15) is 4.39 Å². The Morgan fingerprint density at radius 3 is 2.74 bits per heavy atom. The van der Waals surface area contributed by atoms with Gasteiger partial charge in [-0.15, -0.1) is 0 Å². The zero-order chi connectivity index (χ0) is 13.8. The van der Waals surface area contributed by atoms with Gasteiger partial charge in [-0.05, 0) is 43.5 Å². The molecule has 1 fully saturated rings. The second-order valence-electron chi connectivity index (χ2n) is 5.24. The molecule has 0 bridgehead atoms. The molecule has 2 N–H and O–H groups in total. The van der Waals surface area contributed by atoms with Gasteiger partial charge in [-0.25, -0.2) is 4.39 Å². The molecule has 19 heavy (non-hydrogen) atoms. The van der Waals surface area contributed by atoms with E-state index < -0.39 is 0 Å². The predicted molar refractivity (Wildman–Crippen MR) is 77.8 cm³/mol. The second kappa shape index (κ2) is 6.69. The first kappa shape index (κ1) is 14.8. The molecule has 1 atom stereocenters. The smallest absolute Gasteiger partial charge is 0.124 e. The second-order valence-corrected chi connectivity index (χ2v) is 5.65. The van der Waals surface area contributed by atoms with Gasteiger partial charge < -0.3 is 5.73 Å². The van der Waals surface area contributed by atoms with Crippen LogP contribution in [0.4, 0.5) is 4.39 Å². The highest BCUT2D eigenvalue weighted by Gasteiger charge is 2.34. The van der Waals surface area contributed by atoms with Crippen LogP contribution in [0.1, 0.15) is 44.2 Å². The monoisotopic (exact) mass is 284 g/mol. The summed E-state index contributed by atoms with van der Waals surface area (Å²) in [5, 5.41) is 0.484. The van der Waals surface area contributed by atoms with Gasteiger partial charge in [-0.2, -0.15) is 0 Å². The van der Waals surface area contributed by atoms with Gasteiger partial charge in [0.05, 0.1) is 0 Å². The van der Waals surface area contributed by atoms with Gasteiger partial charge in [-0.1, -0.05) is 31.0 Å². The standard InChI is InChI=1S/C15H22ClFN2/c1-2-3-8-19(12-5-6-12)15(10-18)13-7-4-11(17)9-14(13)16/h4,7,9,12,15H,2-3,5-6,8,10,18H2,1H3. The molecule has 4 heteroatoms. The summed E-state index contributed by atoms with van der Waals surface area (Å²) >= 11 is 6.18. The number of rotatable bonds is 7. The third-order valence-electron chi connectivity index (χ3n) is 3.73. The zero-order valence-corrected chi connectivity index (χ0v) is 12.2. The Labute approximate surface area is 119 Å². The summed E-state index contributed by atoms with van der Waals surface area (Å²) in [4.78, 5) is 2.45. The number of nitrogens with two attached hydrogens (primary N) is 1. The molecule has 2 nitrogen and oxygen atoms in total. The highest BCUT2D eigenvalue weighted by molar-refractivity contribution is 6.31. The summed E-state index contributed by atoms with van der Waals surface area (Å²) in [7, 11) is 0. The van der Waals surface area contributed by atoms with Crippen LogP contribution in [0.15, 0.2) is 18.2 Å². The molecular formula is C15H22ClFN2. The van der Waals surface area contributed by atoms with Crippen molar-refractivity contribution < 1.29 is 4.39 Å². The van der Waals surface area contributed by atoms with Crippen molar-refractivity contribution in [1.29, 1.82) is 0 Å². The molecule has 0 heterocycles. The van der Waals surface area contributed by atoms with Gasteiger partial charge >= 0.3 is 0 Å². The fourth-order valence-electron chi connectivity index (χ4n) is 2.55. The molecule has 1 aromatic carbocycles. The first-order valence-electron chi connectivity index (χ1n) is 7.08. The summed E-state index contributed by atoms with van der Waals surface area (Å²) in [5.41, 5.74) is 6.91. The van der Waals surface area contributed by atoms with E-state index in [0.29, 0.717) is 17.6 Å². The van der Waals surface area contributed by atoms with Crippen molar-refractivity contribution in [3.05, 3.63) is 34.6 Å². The fourth-order valence-corrected chi connectivity index (χ4v) is 2.85. The van der Waals surface area contributed by atoms with Crippen LogP contribution in [0.2, 0.25) is 5.02 Å². The Kier molecular flexibility index (Phi) is 5.20. The van der Waals surface area contributed by atoms with Gasteiger partial charge in [0.2, 0.25) is 0 Å². The van der Waals surface area contributed by atoms with Crippen LogP contribution in [0, 0.1) is 5.82 Å². The molecule has 1 aliphatic carbocycles. The minimum Gasteiger partial charge on any atom is -0.329 e. The van der Waals surface area contributed by atoms with E-state index in [0.717, 1.165) is 24.9 Å². The summed E-state index contributed by atoms with van der Waals surface area (Å²) in [5.74, 6) is -0.295. The lowest BCUT2D eigenvalue weighted by Gasteiger charge is -2.32. The van der Waals surface area contributed by atoms with Crippen molar-refractivity contribution in [3.8, 4) is 0 Å². The predicted octanol–water partition coefficient (Wildman–Crippen LogP) is 3.74. The van der Waals surface area contributed by atoms with Crippen LogP contribution in [-0.2, 0) is 0 Å². The van der Waals surface area contributed by atoms with Crippen LogP contribution >= 0.6 is 11.6 Å². The van der Waals surface area contributed by atoms with Crippen molar-refractivity contribution in [2.45, 2.75) is 44.7 Å². The normalized spacial score (nSPS) is 16.9. The molecule has 2 rings (SSSR count). The lowest BCUT2D eigenvalue weighted by atomic mass is 10.0. The third kappa shape index (κ3) is 3.68. The highest BCUT2D eigenvalue weighted by atomic mass is 35.5. The Morgan fingerprint density at radius 1 is 1.47 bits per heavy atom. The van der Waals surface area contributed by atoms with Gasteiger partial charge in [0.15, 0.2) is 0 Å². The highest BCUT2D eigenvalue weighted by Crippen LogP contribution is 2.36. The fraction of sp³-hybridized carbons (Fsp3) is 0.600. The van der Waals surface area contributed by atoms with Gasteiger partial charge in [0.25, 0.3) is 0 Å². The maximum Gasteiger partial charge on any atom is 0.124 e. The first-order chi connectivity index (χ1) is 9.17. The average Bonchev–Trinajstić information content (AvgIpc) is 3.20. The van der Waals surface area contributed by atoms with E-state index in [4.69, 9.17) is 17.3 Å². The van der Waals surface area contributed by atoms with Crippen molar-refractivity contribution in [1.82, 2.24) is 4.90 Å². The van der Waals surface area contributed by atoms with E-state index in [1.165, 1.54) is 25.0 Å². The van der Waals surface area contributed by atoms with Crippen LogP contribution in [0.25, 0.3) is 0 Å². The van der Waals surface area contributed by atoms with Crippen LogP contribution in [0.3, 0.4) is 0 Å². The number of benzene rings is 1. The third-order valence-corrected chi connectivity index (χ3v) is 4.06. The molecule has 106 valence electrons. The number of hydrogen-bond acceptors (Lipinski definition) is 2. The number of halogens is 2. The van der Waals surface area contributed by atoms with Crippen molar-refractivity contribution in [3.63, 3.8) is 0 Å². The van der Waals surface area contributed by atoms with E-state index >= 15 is 0 Å². The molecule has 1 saturated carbocycles. The van der Waals surface area contributed by atoms with Gasteiger partial charge in [-0.3, -0.25) is 4.90 Å². The summed E-state index contributed by atoms with van der Waals surface area (Å²) < 4.78 is 13.2. The van der Waals surface area contributed by atoms with Crippen molar-refractivity contribution in [2.24, 2.45) is 5.73 Å². The summed E-state index contributed by atoms with van der Waals surface area (Å²) in [6.07, 6.45) is 4.79. The maximum atomic E-state index is 13.2. The molecule has 0 saturated heterocycles. The molecule has 0 aliphatic heterocycles. The Bertz CT molecular complexity index is 421. The molecule has 0 spiro atoms. The molecular weight excluding hydrogens is 263 g/mol. The van der Waals surface area contributed by atoms with E-state index in [-0.39, 0.29) is 11.9 Å². The lowest BCUT2D eigenvalue weighted by Crippen LogP contribution is -2.36. The average molecular weight is 285 g/mol. The Morgan fingerprint density at radius 2 is 2.21 bits per heavy atom. The number of nitrogens with zero attached hydrogens (tertiary/aromatic N) is 1. The Hall–Kier alpha value is -0.640. The van der Waals surface area contributed by atoms with E-state index in [2.05, 4.69) is 11.8 Å². The van der Waals surface area contributed by atoms with Crippen LogP contribution in [0.5, 0.6) is 0 Å². The zero-order valence-electron chi connectivity index (χ0n) is 11.4. The lowest BCUT2D eigenvalue weighted by molar-refractivity contribution is 0.188.